The first-order valence-electron chi connectivity index (χ1n) is 6.09. The Bertz CT molecular complexity index is 346. The van der Waals surface area contributed by atoms with Crippen LogP contribution in [-0.2, 0) is 4.79 Å². The van der Waals surface area contributed by atoms with Crippen molar-refractivity contribution in [3.8, 4) is 0 Å². The van der Waals surface area contributed by atoms with Crippen molar-refractivity contribution in [1.82, 2.24) is 0 Å². The van der Waals surface area contributed by atoms with Crippen molar-refractivity contribution in [3.63, 3.8) is 0 Å². The fourth-order valence-electron chi connectivity index (χ4n) is 1.55. The van der Waals surface area contributed by atoms with Crippen LogP contribution >= 0.6 is 15.9 Å². The number of hydrogen-bond acceptors (Lipinski definition) is 1. The van der Waals surface area contributed by atoms with Crippen LogP contribution in [-0.4, -0.2) is 11.2 Å². The summed E-state index contributed by atoms with van der Waals surface area (Å²) in [6.07, 6.45) is 2.57. The number of benzene rings is 1. The first kappa shape index (κ1) is 14.2. The highest BCUT2D eigenvalue weighted by atomic mass is 79.9. The molecule has 0 unspecified atom stereocenters. The highest BCUT2D eigenvalue weighted by Gasteiger charge is 2.03. The van der Waals surface area contributed by atoms with Crippen LogP contribution in [0, 0.1) is 0 Å². The van der Waals surface area contributed by atoms with E-state index in [1.165, 1.54) is 5.56 Å². The number of alkyl halides is 1. The summed E-state index contributed by atoms with van der Waals surface area (Å²) < 4.78 is 0. The second-order valence-electron chi connectivity index (χ2n) is 4.47. The lowest BCUT2D eigenvalue weighted by Crippen LogP contribution is -2.11. The van der Waals surface area contributed by atoms with Crippen LogP contribution in [0.4, 0.5) is 5.69 Å². The molecule has 0 aliphatic carbocycles. The molecule has 0 bridgehead atoms. The third kappa shape index (κ3) is 5.35. The Balaban J connectivity index is 2.43. The highest BCUT2D eigenvalue weighted by molar-refractivity contribution is 9.09. The molecule has 1 N–H and O–H groups in total. The number of hydrogen-bond donors (Lipinski definition) is 1. The van der Waals surface area contributed by atoms with Crippen LogP contribution in [0.15, 0.2) is 24.3 Å². The predicted octanol–water partition coefficient (Wildman–Crippen LogP) is 4.31. The maximum absolute atomic E-state index is 11.6. The molecule has 1 aromatic rings. The van der Waals surface area contributed by atoms with Gasteiger partial charge >= 0.3 is 0 Å². The van der Waals surface area contributed by atoms with Gasteiger partial charge in [-0.2, -0.15) is 0 Å². The fraction of sp³-hybridized carbons (Fsp3) is 0.500. The Morgan fingerprint density at radius 1 is 1.24 bits per heavy atom. The molecule has 1 amide bonds. The number of carbonyl (C=O) groups excluding carboxylic acids is 1. The molecule has 0 fully saturated rings. The largest absolute Gasteiger partial charge is 0.326 e. The first-order valence-corrected chi connectivity index (χ1v) is 7.21. The Morgan fingerprint density at radius 2 is 1.88 bits per heavy atom. The van der Waals surface area contributed by atoms with Crippen LogP contribution in [0.25, 0.3) is 0 Å². The number of unbranched alkanes of at least 4 members (excludes halogenated alkanes) is 1. The molecular weight excluding hydrogens is 278 g/mol. The molecule has 0 radical (unpaired) electrons. The van der Waals surface area contributed by atoms with Gasteiger partial charge in [0, 0.05) is 17.4 Å². The molecule has 0 atom stereocenters. The molecule has 0 aromatic heterocycles. The summed E-state index contributed by atoms with van der Waals surface area (Å²) in [6, 6.07) is 8.08. The van der Waals surface area contributed by atoms with Gasteiger partial charge in [-0.15, -0.1) is 0 Å². The molecule has 0 saturated heterocycles. The summed E-state index contributed by atoms with van der Waals surface area (Å²) in [5.74, 6) is 0.627. The smallest absolute Gasteiger partial charge is 0.224 e. The minimum atomic E-state index is 0.100. The Morgan fingerprint density at radius 3 is 2.41 bits per heavy atom. The molecule has 2 nitrogen and oxygen atoms in total. The van der Waals surface area contributed by atoms with Gasteiger partial charge in [0.05, 0.1) is 0 Å². The molecule has 0 heterocycles. The quantitative estimate of drug-likeness (QED) is 0.615. The number of amides is 1. The summed E-state index contributed by atoms with van der Waals surface area (Å²) in [6.45, 7) is 4.32. The summed E-state index contributed by atoms with van der Waals surface area (Å²) in [7, 11) is 0. The molecule has 94 valence electrons. The Labute approximate surface area is 112 Å². The standard InChI is InChI=1S/C14H20BrNO/c1-11(2)12-6-8-13(9-7-12)16-14(17)5-3-4-10-15/h6-9,11H,3-5,10H2,1-2H3,(H,16,17). The van der Waals surface area contributed by atoms with E-state index < -0.39 is 0 Å². The van der Waals surface area contributed by atoms with Crippen molar-refractivity contribution >= 4 is 27.5 Å². The number of nitrogens with one attached hydrogen (secondary N) is 1. The van der Waals surface area contributed by atoms with Gasteiger partial charge in [-0.05, 0) is 36.5 Å². The van der Waals surface area contributed by atoms with Crippen LogP contribution in [0.3, 0.4) is 0 Å². The zero-order chi connectivity index (χ0) is 12.7. The normalized spacial score (nSPS) is 10.6. The molecular formula is C14H20BrNO. The number of anilines is 1. The van der Waals surface area contributed by atoms with Gasteiger partial charge in [-0.25, -0.2) is 0 Å². The zero-order valence-corrected chi connectivity index (χ0v) is 12.1. The summed E-state index contributed by atoms with van der Waals surface area (Å²) >= 11 is 3.36. The second kappa shape index (κ2) is 7.49. The monoisotopic (exact) mass is 297 g/mol. The van der Waals surface area contributed by atoms with E-state index in [4.69, 9.17) is 0 Å². The molecule has 1 aromatic carbocycles. The Kier molecular flexibility index (Phi) is 6.27. The molecule has 3 heteroatoms. The Hall–Kier alpha value is -0.830. The van der Waals surface area contributed by atoms with E-state index in [1.807, 2.05) is 12.1 Å². The molecule has 0 spiro atoms. The van der Waals surface area contributed by atoms with Crippen molar-refractivity contribution < 1.29 is 4.79 Å². The van der Waals surface area contributed by atoms with E-state index >= 15 is 0 Å². The lowest BCUT2D eigenvalue weighted by Gasteiger charge is -2.08. The van der Waals surface area contributed by atoms with E-state index in [1.54, 1.807) is 0 Å². The minimum absolute atomic E-state index is 0.100. The molecule has 0 aliphatic rings. The van der Waals surface area contributed by atoms with Crippen molar-refractivity contribution in [3.05, 3.63) is 29.8 Å². The van der Waals surface area contributed by atoms with E-state index in [0.717, 1.165) is 23.9 Å². The molecule has 1 rings (SSSR count). The minimum Gasteiger partial charge on any atom is -0.326 e. The lowest BCUT2D eigenvalue weighted by atomic mass is 10.0. The van der Waals surface area contributed by atoms with Crippen molar-refractivity contribution in [2.24, 2.45) is 0 Å². The fourth-order valence-corrected chi connectivity index (χ4v) is 1.95. The van der Waals surface area contributed by atoms with Crippen molar-refractivity contribution in [2.45, 2.75) is 39.0 Å². The molecule has 17 heavy (non-hydrogen) atoms. The van der Waals surface area contributed by atoms with Crippen LogP contribution < -0.4 is 5.32 Å². The van der Waals surface area contributed by atoms with Gasteiger partial charge in [0.2, 0.25) is 5.91 Å². The molecule has 0 saturated carbocycles. The first-order chi connectivity index (χ1) is 8.13. The highest BCUT2D eigenvalue weighted by Crippen LogP contribution is 2.17. The van der Waals surface area contributed by atoms with E-state index in [9.17, 15) is 4.79 Å². The van der Waals surface area contributed by atoms with E-state index in [2.05, 4.69) is 47.2 Å². The van der Waals surface area contributed by atoms with Crippen LogP contribution in [0.1, 0.15) is 44.6 Å². The number of carbonyl (C=O) groups is 1. The lowest BCUT2D eigenvalue weighted by molar-refractivity contribution is -0.116. The van der Waals surface area contributed by atoms with Crippen molar-refractivity contribution in [2.75, 3.05) is 10.6 Å². The summed E-state index contributed by atoms with van der Waals surface area (Å²) in [4.78, 5) is 11.6. The zero-order valence-electron chi connectivity index (χ0n) is 10.5. The second-order valence-corrected chi connectivity index (χ2v) is 5.26. The van der Waals surface area contributed by atoms with Gasteiger partial charge in [0.25, 0.3) is 0 Å². The average Bonchev–Trinajstić information content (AvgIpc) is 2.30. The van der Waals surface area contributed by atoms with E-state index in [0.29, 0.717) is 12.3 Å². The maximum Gasteiger partial charge on any atom is 0.224 e. The van der Waals surface area contributed by atoms with Crippen LogP contribution in [0.5, 0.6) is 0 Å². The third-order valence-corrected chi connectivity index (χ3v) is 3.21. The predicted molar refractivity (Wildman–Crippen MR) is 76.8 cm³/mol. The molecule has 0 aliphatic heterocycles. The van der Waals surface area contributed by atoms with Crippen LogP contribution in [0.2, 0.25) is 0 Å². The average molecular weight is 298 g/mol. The summed E-state index contributed by atoms with van der Waals surface area (Å²) in [5, 5.41) is 3.87. The van der Waals surface area contributed by atoms with Gasteiger partial charge in [0.15, 0.2) is 0 Å². The van der Waals surface area contributed by atoms with Gasteiger partial charge in [-0.3, -0.25) is 4.79 Å². The number of rotatable bonds is 6. The third-order valence-electron chi connectivity index (χ3n) is 2.65. The van der Waals surface area contributed by atoms with E-state index in [-0.39, 0.29) is 5.91 Å². The summed E-state index contributed by atoms with van der Waals surface area (Å²) in [5.41, 5.74) is 2.18. The number of halogens is 1. The van der Waals surface area contributed by atoms with Gasteiger partial charge < -0.3 is 5.32 Å². The maximum atomic E-state index is 11.6. The van der Waals surface area contributed by atoms with Gasteiger partial charge in [0.1, 0.15) is 0 Å². The topological polar surface area (TPSA) is 29.1 Å². The van der Waals surface area contributed by atoms with Gasteiger partial charge in [-0.1, -0.05) is 41.9 Å². The van der Waals surface area contributed by atoms with Crippen molar-refractivity contribution in [1.29, 1.82) is 0 Å². The SMILES string of the molecule is CC(C)c1ccc(NC(=O)CCCCBr)cc1.